The monoisotopic (exact) mass is 266 g/mol. The van der Waals surface area contributed by atoms with E-state index in [4.69, 9.17) is 0 Å². The molecule has 0 heterocycles. The fourth-order valence-corrected chi connectivity index (χ4v) is 3.18. The van der Waals surface area contributed by atoms with E-state index in [1.165, 1.54) is 0 Å². The topological polar surface area (TPSA) is 37.3 Å². The number of aliphatic carboxylic acids is 1. The molecule has 2 aromatic carbocycles. The summed E-state index contributed by atoms with van der Waals surface area (Å²) in [7, 11) is 0. The maximum Gasteiger partial charge on any atom is 0.314 e. The number of hydrogen-bond acceptors (Lipinski definition) is 1. The van der Waals surface area contributed by atoms with Gasteiger partial charge in [-0.25, -0.2) is 0 Å². The zero-order valence-electron chi connectivity index (χ0n) is 11.8. The number of carboxylic acids is 1. The van der Waals surface area contributed by atoms with E-state index in [-0.39, 0.29) is 5.41 Å². The quantitative estimate of drug-likeness (QED) is 0.907. The van der Waals surface area contributed by atoms with Crippen LogP contribution < -0.4 is 0 Å². The Labute approximate surface area is 119 Å². The zero-order valence-corrected chi connectivity index (χ0v) is 11.8. The number of carbonyl (C=O) groups is 1. The number of carboxylic acid groups (broad SMARTS) is 1. The molecular formula is C18H18O2. The smallest absolute Gasteiger partial charge is 0.314 e. The molecule has 0 aromatic heterocycles. The second kappa shape index (κ2) is 4.20. The van der Waals surface area contributed by atoms with Gasteiger partial charge in [-0.1, -0.05) is 68.4 Å². The van der Waals surface area contributed by atoms with Crippen LogP contribution in [0.4, 0.5) is 0 Å². The molecule has 2 heteroatoms. The van der Waals surface area contributed by atoms with E-state index >= 15 is 0 Å². The fourth-order valence-electron chi connectivity index (χ4n) is 3.18. The maximum atomic E-state index is 11.7. The van der Waals surface area contributed by atoms with Crippen LogP contribution in [0.1, 0.15) is 25.8 Å². The lowest BCUT2D eigenvalue weighted by Crippen LogP contribution is -2.25. The minimum absolute atomic E-state index is 0.160. The van der Waals surface area contributed by atoms with Crippen LogP contribution in [-0.4, -0.2) is 11.1 Å². The summed E-state index contributed by atoms with van der Waals surface area (Å²) < 4.78 is 0. The van der Waals surface area contributed by atoms with Crippen LogP contribution in [0.25, 0.3) is 11.1 Å². The first kappa shape index (κ1) is 12.9. The van der Waals surface area contributed by atoms with Crippen molar-refractivity contribution in [2.45, 2.75) is 25.7 Å². The highest BCUT2D eigenvalue weighted by Gasteiger charge is 2.67. The van der Waals surface area contributed by atoms with Gasteiger partial charge in [0.2, 0.25) is 0 Å². The molecule has 0 spiro atoms. The van der Waals surface area contributed by atoms with Gasteiger partial charge in [0.15, 0.2) is 0 Å². The third kappa shape index (κ3) is 1.75. The van der Waals surface area contributed by atoms with Crippen molar-refractivity contribution in [1.29, 1.82) is 0 Å². The fraction of sp³-hybridized carbons (Fsp3) is 0.278. The molecule has 2 aromatic rings. The van der Waals surface area contributed by atoms with Gasteiger partial charge in [0.05, 0.1) is 5.41 Å². The number of hydrogen-bond donors (Lipinski definition) is 1. The summed E-state index contributed by atoms with van der Waals surface area (Å²) in [4.78, 5) is 11.7. The van der Waals surface area contributed by atoms with Crippen molar-refractivity contribution in [3.05, 3.63) is 60.2 Å². The van der Waals surface area contributed by atoms with Crippen molar-refractivity contribution < 1.29 is 9.90 Å². The van der Waals surface area contributed by atoms with Crippen molar-refractivity contribution in [2.24, 2.45) is 5.41 Å². The van der Waals surface area contributed by atoms with Crippen molar-refractivity contribution in [2.75, 3.05) is 0 Å². The van der Waals surface area contributed by atoms with E-state index in [1.807, 2.05) is 56.3 Å². The highest BCUT2D eigenvalue weighted by molar-refractivity contribution is 5.87. The number of rotatable bonds is 3. The van der Waals surface area contributed by atoms with E-state index in [0.29, 0.717) is 6.42 Å². The molecule has 1 N–H and O–H groups in total. The van der Waals surface area contributed by atoms with Gasteiger partial charge in [0.25, 0.3) is 0 Å². The Kier molecular flexibility index (Phi) is 2.72. The Balaban J connectivity index is 1.97. The molecule has 2 nitrogen and oxygen atoms in total. The third-order valence-electron chi connectivity index (χ3n) is 4.59. The molecule has 1 aliphatic carbocycles. The molecule has 1 atom stereocenters. The predicted octanol–water partition coefficient (Wildman–Crippen LogP) is 4.11. The van der Waals surface area contributed by atoms with Crippen LogP contribution in [0.2, 0.25) is 0 Å². The lowest BCUT2D eigenvalue weighted by Gasteiger charge is -2.16. The first-order valence-corrected chi connectivity index (χ1v) is 6.87. The van der Waals surface area contributed by atoms with Crippen LogP contribution in [0.5, 0.6) is 0 Å². The van der Waals surface area contributed by atoms with Crippen LogP contribution in [0.3, 0.4) is 0 Å². The summed E-state index contributed by atoms with van der Waals surface area (Å²) >= 11 is 0. The minimum Gasteiger partial charge on any atom is -0.481 e. The van der Waals surface area contributed by atoms with E-state index in [9.17, 15) is 9.90 Å². The second-order valence-corrected chi connectivity index (χ2v) is 6.21. The first-order chi connectivity index (χ1) is 9.47. The molecule has 1 unspecified atom stereocenters. The highest BCUT2D eigenvalue weighted by Crippen LogP contribution is 2.64. The summed E-state index contributed by atoms with van der Waals surface area (Å²) in [5, 5.41) is 9.58. The van der Waals surface area contributed by atoms with Crippen molar-refractivity contribution >= 4 is 5.97 Å². The Morgan fingerprint density at radius 3 is 1.90 bits per heavy atom. The molecule has 1 aliphatic rings. The van der Waals surface area contributed by atoms with Gasteiger partial charge in [-0.2, -0.15) is 0 Å². The molecule has 3 rings (SSSR count). The van der Waals surface area contributed by atoms with Gasteiger partial charge in [0.1, 0.15) is 0 Å². The van der Waals surface area contributed by atoms with E-state index in [2.05, 4.69) is 12.1 Å². The van der Waals surface area contributed by atoms with Gasteiger partial charge in [0, 0.05) is 0 Å². The molecule has 0 amide bonds. The van der Waals surface area contributed by atoms with Crippen LogP contribution in [-0.2, 0) is 10.2 Å². The predicted molar refractivity (Wildman–Crippen MR) is 79.6 cm³/mol. The Bertz CT molecular complexity index is 641. The Hall–Kier alpha value is -2.09. The van der Waals surface area contributed by atoms with Gasteiger partial charge in [-0.05, 0) is 28.5 Å². The average Bonchev–Trinajstić information content (AvgIpc) is 3.05. The zero-order chi connectivity index (χ0) is 14.4. The van der Waals surface area contributed by atoms with E-state index < -0.39 is 11.4 Å². The largest absolute Gasteiger partial charge is 0.481 e. The van der Waals surface area contributed by atoms with Gasteiger partial charge in [-0.3, -0.25) is 4.79 Å². The van der Waals surface area contributed by atoms with Gasteiger partial charge < -0.3 is 5.11 Å². The molecule has 102 valence electrons. The Morgan fingerprint density at radius 1 is 0.950 bits per heavy atom. The van der Waals surface area contributed by atoms with Crippen molar-refractivity contribution in [3.8, 4) is 11.1 Å². The maximum absolute atomic E-state index is 11.7. The van der Waals surface area contributed by atoms with Gasteiger partial charge >= 0.3 is 5.97 Å². The summed E-state index contributed by atoms with van der Waals surface area (Å²) in [5.74, 6) is -0.713. The molecule has 0 saturated heterocycles. The molecule has 1 saturated carbocycles. The minimum atomic E-state index is -0.713. The SMILES string of the molecule is CC1(C)CC1(C(=O)O)c1ccc(-c2ccccc2)cc1. The molecular weight excluding hydrogens is 248 g/mol. The molecule has 0 bridgehead atoms. The average molecular weight is 266 g/mol. The van der Waals surface area contributed by atoms with Crippen molar-refractivity contribution in [3.63, 3.8) is 0 Å². The summed E-state index contributed by atoms with van der Waals surface area (Å²) in [6.07, 6.45) is 0.708. The third-order valence-corrected chi connectivity index (χ3v) is 4.59. The lowest BCUT2D eigenvalue weighted by molar-refractivity contribution is -0.141. The van der Waals surface area contributed by atoms with Crippen LogP contribution in [0, 0.1) is 5.41 Å². The van der Waals surface area contributed by atoms with E-state index in [1.54, 1.807) is 0 Å². The van der Waals surface area contributed by atoms with E-state index in [0.717, 1.165) is 16.7 Å². The van der Waals surface area contributed by atoms with Crippen LogP contribution in [0.15, 0.2) is 54.6 Å². The first-order valence-electron chi connectivity index (χ1n) is 6.87. The lowest BCUT2D eigenvalue weighted by atomic mass is 9.87. The summed E-state index contributed by atoms with van der Waals surface area (Å²) in [6.45, 7) is 4.04. The Morgan fingerprint density at radius 2 is 1.45 bits per heavy atom. The molecule has 0 radical (unpaired) electrons. The van der Waals surface area contributed by atoms with Crippen molar-refractivity contribution in [1.82, 2.24) is 0 Å². The molecule has 1 fully saturated rings. The number of benzene rings is 2. The highest BCUT2D eigenvalue weighted by atomic mass is 16.4. The second-order valence-electron chi connectivity index (χ2n) is 6.21. The standard InChI is InChI=1S/C18H18O2/c1-17(2)12-18(17,16(19)20)15-10-8-14(9-11-15)13-6-4-3-5-7-13/h3-11H,12H2,1-2H3,(H,19,20). The summed E-state index contributed by atoms with van der Waals surface area (Å²) in [6, 6.07) is 18.1. The normalized spacial score (nSPS) is 23.3. The van der Waals surface area contributed by atoms with Crippen LogP contribution >= 0.6 is 0 Å². The summed E-state index contributed by atoms with van der Waals surface area (Å²) in [5.41, 5.74) is 2.32. The van der Waals surface area contributed by atoms with Gasteiger partial charge in [-0.15, -0.1) is 0 Å². The molecule has 20 heavy (non-hydrogen) atoms. The molecule has 0 aliphatic heterocycles.